The van der Waals surface area contributed by atoms with E-state index >= 15 is 0 Å². The standard InChI is InChI=1S/C12H21N5O/c1-12(4-7-13-8-5-12)11(18)14-6-3-10-15-9-17(2)16-10/h9,13H,3-8H2,1-2H3,(H,14,18). The van der Waals surface area contributed by atoms with E-state index in [-0.39, 0.29) is 11.3 Å². The Hall–Kier alpha value is -1.43. The second-order valence-corrected chi connectivity index (χ2v) is 5.15. The number of nitrogens with one attached hydrogen (secondary N) is 2. The van der Waals surface area contributed by atoms with Gasteiger partial charge in [-0.3, -0.25) is 9.48 Å². The van der Waals surface area contributed by atoms with Gasteiger partial charge < -0.3 is 10.6 Å². The number of carbonyl (C=O) groups is 1. The highest BCUT2D eigenvalue weighted by molar-refractivity contribution is 5.82. The lowest BCUT2D eigenvalue weighted by molar-refractivity contribution is -0.131. The van der Waals surface area contributed by atoms with Gasteiger partial charge in [-0.25, -0.2) is 4.98 Å². The third kappa shape index (κ3) is 3.07. The van der Waals surface area contributed by atoms with Gasteiger partial charge in [0.2, 0.25) is 5.91 Å². The minimum absolute atomic E-state index is 0.153. The van der Waals surface area contributed by atoms with Gasteiger partial charge in [0.1, 0.15) is 6.33 Å². The molecule has 2 heterocycles. The fourth-order valence-corrected chi connectivity index (χ4v) is 2.21. The van der Waals surface area contributed by atoms with Crippen molar-refractivity contribution in [2.75, 3.05) is 19.6 Å². The second-order valence-electron chi connectivity index (χ2n) is 5.15. The molecule has 18 heavy (non-hydrogen) atoms. The predicted octanol–water partition coefficient (Wildman–Crippen LogP) is -0.136. The average Bonchev–Trinajstić information content (AvgIpc) is 2.76. The van der Waals surface area contributed by atoms with Crippen LogP contribution in [0.15, 0.2) is 6.33 Å². The van der Waals surface area contributed by atoms with Crippen molar-refractivity contribution in [2.45, 2.75) is 26.2 Å². The van der Waals surface area contributed by atoms with E-state index in [1.807, 2.05) is 14.0 Å². The number of piperidine rings is 1. The van der Waals surface area contributed by atoms with Crippen LogP contribution >= 0.6 is 0 Å². The third-order valence-electron chi connectivity index (χ3n) is 3.54. The highest BCUT2D eigenvalue weighted by Crippen LogP contribution is 2.27. The van der Waals surface area contributed by atoms with E-state index < -0.39 is 0 Å². The maximum Gasteiger partial charge on any atom is 0.226 e. The molecule has 0 saturated carbocycles. The van der Waals surface area contributed by atoms with E-state index in [9.17, 15) is 4.79 Å². The molecule has 0 unspecified atom stereocenters. The number of nitrogens with zero attached hydrogens (tertiary/aromatic N) is 3. The highest BCUT2D eigenvalue weighted by Gasteiger charge is 2.34. The molecule has 0 bridgehead atoms. The van der Waals surface area contributed by atoms with Crippen molar-refractivity contribution in [1.29, 1.82) is 0 Å². The van der Waals surface area contributed by atoms with Gasteiger partial charge in [-0.15, -0.1) is 0 Å². The molecule has 2 N–H and O–H groups in total. The summed E-state index contributed by atoms with van der Waals surface area (Å²) in [6.07, 6.45) is 4.16. The SMILES string of the molecule is Cn1cnc(CCNC(=O)C2(C)CCNCC2)n1. The monoisotopic (exact) mass is 251 g/mol. The van der Waals surface area contributed by atoms with E-state index in [1.54, 1.807) is 11.0 Å². The fraction of sp³-hybridized carbons (Fsp3) is 0.750. The van der Waals surface area contributed by atoms with Crippen molar-refractivity contribution < 1.29 is 4.79 Å². The minimum atomic E-state index is -0.219. The van der Waals surface area contributed by atoms with E-state index in [0.717, 1.165) is 31.8 Å². The third-order valence-corrected chi connectivity index (χ3v) is 3.54. The first-order valence-corrected chi connectivity index (χ1v) is 6.44. The van der Waals surface area contributed by atoms with Crippen LogP contribution in [0.3, 0.4) is 0 Å². The Morgan fingerprint density at radius 3 is 2.89 bits per heavy atom. The molecular formula is C12H21N5O. The van der Waals surface area contributed by atoms with Crippen molar-refractivity contribution in [3.05, 3.63) is 12.2 Å². The Labute approximate surface area is 107 Å². The zero-order valence-corrected chi connectivity index (χ0v) is 11.1. The molecule has 0 atom stereocenters. The summed E-state index contributed by atoms with van der Waals surface area (Å²) >= 11 is 0. The molecule has 0 aromatic carbocycles. The molecule has 1 aliphatic rings. The number of aromatic nitrogens is 3. The lowest BCUT2D eigenvalue weighted by Crippen LogP contribution is -2.46. The molecule has 6 heteroatoms. The van der Waals surface area contributed by atoms with Crippen LogP contribution in [0.5, 0.6) is 0 Å². The van der Waals surface area contributed by atoms with Crippen LogP contribution in [0.25, 0.3) is 0 Å². The first-order chi connectivity index (χ1) is 8.60. The summed E-state index contributed by atoms with van der Waals surface area (Å²) < 4.78 is 1.67. The van der Waals surface area contributed by atoms with Gasteiger partial charge in [0.15, 0.2) is 5.82 Å². The van der Waals surface area contributed by atoms with Gasteiger partial charge in [-0.1, -0.05) is 6.92 Å². The summed E-state index contributed by atoms with van der Waals surface area (Å²) in [7, 11) is 1.84. The number of rotatable bonds is 4. The van der Waals surface area contributed by atoms with Crippen molar-refractivity contribution in [1.82, 2.24) is 25.4 Å². The zero-order chi connectivity index (χ0) is 13.0. The molecule has 100 valence electrons. The molecule has 0 radical (unpaired) electrons. The molecule has 0 aliphatic carbocycles. The summed E-state index contributed by atoms with van der Waals surface area (Å²) in [5, 5.41) is 10.5. The van der Waals surface area contributed by atoms with Crippen LogP contribution < -0.4 is 10.6 Å². The summed E-state index contributed by atoms with van der Waals surface area (Å²) in [6, 6.07) is 0. The van der Waals surface area contributed by atoms with Crippen LogP contribution in [-0.2, 0) is 18.3 Å². The number of hydrogen-bond acceptors (Lipinski definition) is 4. The molecule has 1 aromatic rings. The zero-order valence-electron chi connectivity index (χ0n) is 11.1. The molecule has 1 amide bonds. The Morgan fingerprint density at radius 1 is 1.56 bits per heavy atom. The Bertz CT molecular complexity index is 408. The summed E-state index contributed by atoms with van der Waals surface area (Å²) in [6.45, 7) is 4.49. The minimum Gasteiger partial charge on any atom is -0.355 e. The van der Waals surface area contributed by atoms with Crippen LogP contribution in [-0.4, -0.2) is 40.3 Å². The van der Waals surface area contributed by atoms with Crippen LogP contribution in [0.1, 0.15) is 25.6 Å². The van der Waals surface area contributed by atoms with Crippen LogP contribution in [0.4, 0.5) is 0 Å². The molecule has 1 saturated heterocycles. The van der Waals surface area contributed by atoms with Gasteiger partial charge in [0, 0.05) is 25.4 Å². The maximum absolute atomic E-state index is 12.1. The van der Waals surface area contributed by atoms with E-state index in [4.69, 9.17) is 0 Å². The number of aryl methyl sites for hydroxylation is 1. The molecule has 1 aromatic heterocycles. The van der Waals surface area contributed by atoms with E-state index in [0.29, 0.717) is 13.0 Å². The molecule has 0 spiro atoms. The quantitative estimate of drug-likeness (QED) is 0.781. The molecular weight excluding hydrogens is 230 g/mol. The van der Waals surface area contributed by atoms with Crippen molar-refractivity contribution in [3.63, 3.8) is 0 Å². The lowest BCUT2D eigenvalue weighted by atomic mass is 9.80. The fourth-order valence-electron chi connectivity index (χ4n) is 2.21. The Balaban J connectivity index is 1.77. The summed E-state index contributed by atoms with van der Waals surface area (Å²) in [4.78, 5) is 16.3. The molecule has 2 rings (SSSR count). The summed E-state index contributed by atoms with van der Waals surface area (Å²) in [5.74, 6) is 0.924. The lowest BCUT2D eigenvalue weighted by Gasteiger charge is -2.32. The van der Waals surface area contributed by atoms with Crippen LogP contribution in [0.2, 0.25) is 0 Å². The van der Waals surface area contributed by atoms with Crippen molar-refractivity contribution >= 4 is 5.91 Å². The molecule has 6 nitrogen and oxygen atoms in total. The predicted molar refractivity (Wildman–Crippen MR) is 67.9 cm³/mol. The van der Waals surface area contributed by atoms with Gasteiger partial charge in [0.25, 0.3) is 0 Å². The maximum atomic E-state index is 12.1. The van der Waals surface area contributed by atoms with E-state index in [2.05, 4.69) is 20.7 Å². The topological polar surface area (TPSA) is 71.8 Å². The number of hydrogen-bond donors (Lipinski definition) is 2. The van der Waals surface area contributed by atoms with Crippen LogP contribution in [0, 0.1) is 5.41 Å². The van der Waals surface area contributed by atoms with Crippen molar-refractivity contribution in [2.24, 2.45) is 12.5 Å². The normalized spacial score (nSPS) is 18.6. The highest BCUT2D eigenvalue weighted by atomic mass is 16.2. The van der Waals surface area contributed by atoms with Crippen molar-refractivity contribution in [3.8, 4) is 0 Å². The van der Waals surface area contributed by atoms with Gasteiger partial charge in [0.05, 0.1) is 0 Å². The van der Waals surface area contributed by atoms with E-state index in [1.165, 1.54) is 0 Å². The molecule has 1 fully saturated rings. The molecule has 1 aliphatic heterocycles. The van der Waals surface area contributed by atoms with Gasteiger partial charge in [-0.2, -0.15) is 5.10 Å². The first kappa shape index (κ1) is 13.0. The smallest absolute Gasteiger partial charge is 0.226 e. The average molecular weight is 251 g/mol. The largest absolute Gasteiger partial charge is 0.355 e. The Morgan fingerprint density at radius 2 is 2.28 bits per heavy atom. The van der Waals surface area contributed by atoms with Gasteiger partial charge >= 0.3 is 0 Å². The van der Waals surface area contributed by atoms with Gasteiger partial charge in [-0.05, 0) is 25.9 Å². The number of amides is 1. The summed E-state index contributed by atoms with van der Waals surface area (Å²) in [5.41, 5.74) is -0.219. The second kappa shape index (κ2) is 5.48. The first-order valence-electron chi connectivity index (χ1n) is 6.44. The number of carbonyl (C=O) groups excluding carboxylic acids is 1. The Kier molecular flexibility index (Phi) is 3.96.